The van der Waals surface area contributed by atoms with Gasteiger partial charge in [-0.1, -0.05) is 12.8 Å². The Morgan fingerprint density at radius 1 is 1.15 bits per heavy atom. The van der Waals surface area contributed by atoms with Gasteiger partial charge in [0.1, 0.15) is 0 Å². The second-order valence-electron chi connectivity index (χ2n) is 6.26. The molecule has 0 aromatic heterocycles. The Kier molecular flexibility index (Phi) is 4.91. The van der Waals surface area contributed by atoms with Crippen molar-refractivity contribution >= 4 is 5.91 Å². The highest BCUT2D eigenvalue weighted by Crippen LogP contribution is 2.24. The lowest BCUT2D eigenvalue weighted by Gasteiger charge is -2.38. The highest BCUT2D eigenvalue weighted by atomic mass is 16.5. The van der Waals surface area contributed by atoms with Gasteiger partial charge in [0, 0.05) is 45.3 Å². The zero-order valence-electron chi connectivity index (χ0n) is 12.4. The van der Waals surface area contributed by atoms with E-state index in [0.29, 0.717) is 6.42 Å². The monoisotopic (exact) mass is 281 g/mol. The lowest BCUT2D eigenvalue weighted by atomic mass is 10.1. The van der Waals surface area contributed by atoms with Gasteiger partial charge >= 0.3 is 0 Å². The van der Waals surface area contributed by atoms with E-state index >= 15 is 0 Å². The molecule has 2 saturated heterocycles. The van der Waals surface area contributed by atoms with E-state index in [9.17, 15) is 4.79 Å². The summed E-state index contributed by atoms with van der Waals surface area (Å²) in [5.41, 5.74) is 0. The van der Waals surface area contributed by atoms with E-state index in [2.05, 4.69) is 10.2 Å². The fourth-order valence-electron chi connectivity index (χ4n) is 3.68. The summed E-state index contributed by atoms with van der Waals surface area (Å²) in [5, 5.41) is 3.28. The molecule has 5 nitrogen and oxygen atoms in total. The van der Waals surface area contributed by atoms with Crippen LogP contribution in [0, 0.1) is 0 Å². The maximum atomic E-state index is 12.3. The van der Waals surface area contributed by atoms with Crippen LogP contribution in [0.2, 0.25) is 0 Å². The molecule has 1 saturated carbocycles. The summed E-state index contributed by atoms with van der Waals surface area (Å²) in [7, 11) is 0. The van der Waals surface area contributed by atoms with E-state index in [-0.39, 0.29) is 12.0 Å². The average molecular weight is 281 g/mol. The van der Waals surface area contributed by atoms with Gasteiger partial charge < -0.3 is 15.0 Å². The van der Waals surface area contributed by atoms with Crippen molar-refractivity contribution in [1.82, 2.24) is 15.1 Å². The van der Waals surface area contributed by atoms with Gasteiger partial charge in [-0.2, -0.15) is 0 Å². The highest BCUT2D eigenvalue weighted by Gasteiger charge is 2.29. The third-order valence-electron chi connectivity index (χ3n) is 4.91. The van der Waals surface area contributed by atoms with Gasteiger partial charge in [-0.15, -0.1) is 0 Å². The van der Waals surface area contributed by atoms with Crippen molar-refractivity contribution in [2.24, 2.45) is 0 Å². The van der Waals surface area contributed by atoms with Gasteiger partial charge in [-0.25, -0.2) is 0 Å². The van der Waals surface area contributed by atoms with Crippen molar-refractivity contribution in [2.45, 2.75) is 44.2 Å². The number of amides is 1. The third kappa shape index (κ3) is 3.51. The number of carbonyl (C=O) groups excluding carboxylic acids is 1. The maximum Gasteiger partial charge on any atom is 0.225 e. The summed E-state index contributed by atoms with van der Waals surface area (Å²) in [4.78, 5) is 16.9. The molecule has 3 fully saturated rings. The van der Waals surface area contributed by atoms with Crippen molar-refractivity contribution in [2.75, 3.05) is 45.9 Å². The molecule has 1 unspecified atom stereocenters. The van der Waals surface area contributed by atoms with Crippen LogP contribution in [0.1, 0.15) is 32.1 Å². The lowest BCUT2D eigenvalue weighted by molar-refractivity contribution is -0.136. The number of morpholine rings is 1. The van der Waals surface area contributed by atoms with Crippen LogP contribution in [-0.2, 0) is 9.53 Å². The average Bonchev–Trinajstić information content (AvgIpc) is 3.03. The molecule has 5 heteroatoms. The third-order valence-corrected chi connectivity index (χ3v) is 4.91. The quantitative estimate of drug-likeness (QED) is 0.816. The normalized spacial score (nSPS) is 29.8. The number of ether oxygens (including phenoxy) is 1. The largest absolute Gasteiger partial charge is 0.375 e. The number of carbonyl (C=O) groups is 1. The number of hydrogen-bond acceptors (Lipinski definition) is 4. The Morgan fingerprint density at radius 2 is 1.90 bits per heavy atom. The van der Waals surface area contributed by atoms with Crippen molar-refractivity contribution in [3.05, 3.63) is 0 Å². The predicted octanol–water partition coefficient (Wildman–Crippen LogP) is 0.452. The predicted molar refractivity (Wildman–Crippen MR) is 77.6 cm³/mol. The van der Waals surface area contributed by atoms with Gasteiger partial charge in [0.15, 0.2) is 0 Å². The Balaban J connectivity index is 1.41. The molecule has 0 spiro atoms. The van der Waals surface area contributed by atoms with Crippen molar-refractivity contribution in [3.63, 3.8) is 0 Å². The van der Waals surface area contributed by atoms with E-state index in [0.717, 1.165) is 51.9 Å². The second kappa shape index (κ2) is 6.87. The second-order valence-corrected chi connectivity index (χ2v) is 6.26. The minimum Gasteiger partial charge on any atom is -0.375 e. The molecule has 1 amide bonds. The zero-order chi connectivity index (χ0) is 13.8. The van der Waals surface area contributed by atoms with Crippen LogP contribution in [0.3, 0.4) is 0 Å². The summed E-state index contributed by atoms with van der Waals surface area (Å²) in [5.74, 6) is 0.268. The van der Waals surface area contributed by atoms with E-state index in [1.165, 1.54) is 25.7 Å². The first-order valence-corrected chi connectivity index (χ1v) is 8.17. The summed E-state index contributed by atoms with van der Waals surface area (Å²) in [6.45, 7) is 6.36. The SMILES string of the molecule is O=C(CC1CNCCO1)N1CCN(C2CCCC2)CC1. The maximum absolute atomic E-state index is 12.3. The van der Waals surface area contributed by atoms with Gasteiger partial charge in [0.2, 0.25) is 5.91 Å². The van der Waals surface area contributed by atoms with Crippen LogP contribution in [0.4, 0.5) is 0 Å². The van der Waals surface area contributed by atoms with Crippen molar-refractivity contribution in [1.29, 1.82) is 0 Å². The Hall–Kier alpha value is -0.650. The standard InChI is InChI=1S/C15H27N3O2/c19-15(11-14-12-16-5-10-20-14)18-8-6-17(7-9-18)13-3-1-2-4-13/h13-14,16H,1-12H2. The molecule has 0 radical (unpaired) electrons. The van der Waals surface area contributed by atoms with Crippen LogP contribution < -0.4 is 5.32 Å². The summed E-state index contributed by atoms with van der Waals surface area (Å²) in [6.07, 6.45) is 6.09. The smallest absolute Gasteiger partial charge is 0.225 e. The molecular weight excluding hydrogens is 254 g/mol. The first-order valence-electron chi connectivity index (χ1n) is 8.17. The Bertz CT molecular complexity index is 317. The molecule has 0 aromatic carbocycles. The first kappa shape index (κ1) is 14.3. The molecule has 3 aliphatic rings. The topological polar surface area (TPSA) is 44.8 Å². The van der Waals surface area contributed by atoms with Crippen molar-refractivity contribution < 1.29 is 9.53 Å². The molecule has 20 heavy (non-hydrogen) atoms. The van der Waals surface area contributed by atoms with E-state index in [1.54, 1.807) is 0 Å². The molecule has 1 atom stereocenters. The Morgan fingerprint density at radius 3 is 2.55 bits per heavy atom. The first-order chi connectivity index (χ1) is 9.83. The molecule has 1 aliphatic carbocycles. The molecular formula is C15H27N3O2. The molecule has 0 bridgehead atoms. The molecule has 0 aromatic rings. The van der Waals surface area contributed by atoms with Crippen LogP contribution >= 0.6 is 0 Å². The minimum atomic E-state index is 0.0733. The lowest BCUT2D eigenvalue weighted by Crippen LogP contribution is -2.52. The number of hydrogen-bond donors (Lipinski definition) is 1. The molecule has 2 aliphatic heterocycles. The number of piperazine rings is 1. The van der Waals surface area contributed by atoms with Crippen molar-refractivity contribution in [3.8, 4) is 0 Å². The highest BCUT2D eigenvalue weighted by molar-refractivity contribution is 5.76. The van der Waals surface area contributed by atoms with Gasteiger partial charge in [-0.3, -0.25) is 9.69 Å². The number of nitrogens with zero attached hydrogens (tertiary/aromatic N) is 2. The zero-order valence-corrected chi connectivity index (χ0v) is 12.4. The molecule has 1 N–H and O–H groups in total. The van der Waals surface area contributed by atoms with E-state index < -0.39 is 0 Å². The molecule has 3 rings (SSSR count). The molecule has 2 heterocycles. The van der Waals surface area contributed by atoms with Crippen LogP contribution in [0.25, 0.3) is 0 Å². The minimum absolute atomic E-state index is 0.0733. The van der Waals surface area contributed by atoms with E-state index in [4.69, 9.17) is 4.74 Å². The fourth-order valence-corrected chi connectivity index (χ4v) is 3.68. The van der Waals surface area contributed by atoms with Gasteiger partial charge in [-0.05, 0) is 12.8 Å². The van der Waals surface area contributed by atoms with Crippen LogP contribution in [0.15, 0.2) is 0 Å². The number of nitrogens with one attached hydrogen (secondary N) is 1. The van der Waals surface area contributed by atoms with Gasteiger partial charge in [0.25, 0.3) is 0 Å². The summed E-state index contributed by atoms with van der Waals surface area (Å²) >= 11 is 0. The van der Waals surface area contributed by atoms with Gasteiger partial charge in [0.05, 0.1) is 19.1 Å². The summed E-state index contributed by atoms with van der Waals surface area (Å²) < 4.78 is 5.62. The Labute approximate surface area is 121 Å². The summed E-state index contributed by atoms with van der Waals surface area (Å²) in [6, 6.07) is 0.790. The van der Waals surface area contributed by atoms with Crippen LogP contribution in [-0.4, -0.2) is 73.7 Å². The van der Waals surface area contributed by atoms with Crippen LogP contribution in [0.5, 0.6) is 0 Å². The van der Waals surface area contributed by atoms with E-state index in [1.807, 2.05) is 4.90 Å². The fraction of sp³-hybridized carbons (Fsp3) is 0.933. The number of rotatable bonds is 3. The molecule has 114 valence electrons.